The van der Waals surface area contributed by atoms with Crippen LogP contribution in [0.5, 0.6) is 0 Å². The Morgan fingerprint density at radius 3 is 2.57 bits per heavy atom. The Balaban J connectivity index is 1.78. The van der Waals surface area contributed by atoms with Crippen LogP contribution in [0, 0.1) is 24.2 Å². The molecule has 0 radical (unpaired) electrons. The van der Waals surface area contributed by atoms with Gasteiger partial charge in [0.1, 0.15) is 6.04 Å². The van der Waals surface area contributed by atoms with Crippen LogP contribution in [0.4, 0.5) is 0 Å². The number of carbonyl (C=O) groups excluding carboxylic acids is 1. The van der Waals surface area contributed by atoms with Gasteiger partial charge in [0.05, 0.1) is 6.07 Å². The fourth-order valence-corrected chi connectivity index (χ4v) is 4.93. The summed E-state index contributed by atoms with van der Waals surface area (Å²) in [4.78, 5) is 26.4. The number of carboxylic acids is 1. The predicted molar refractivity (Wildman–Crippen MR) is 138 cm³/mol. The number of aryl methyl sites for hydroxylation is 1. The molecule has 0 aromatic heterocycles. The number of amides is 1. The zero-order valence-corrected chi connectivity index (χ0v) is 20.9. The van der Waals surface area contributed by atoms with E-state index in [9.17, 15) is 14.9 Å². The van der Waals surface area contributed by atoms with Crippen molar-refractivity contribution in [3.63, 3.8) is 0 Å². The van der Waals surface area contributed by atoms with Crippen molar-refractivity contribution >= 4 is 11.9 Å². The van der Waals surface area contributed by atoms with Crippen LogP contribution >= 0.6 is 0 Å². The second-order valence-corrected chi connectivity index (χ2v) is 9.81. The van der Waals surface area contributed by atoms with E-state index in [4.69, 9.17) is 5.11 Å². The van der Waals surface area contributed by atoms with E-state index >= 15 is 0 Å². The third-order valence-electron chi connectivity index (χ3n) is 6.97. The maximum absolute atomic E-state index is 13.2. The van der Waals surface area contributed by atoms with Crippen LogP contribution in [-0.4, -0.2) is 41.5 Å². The lowest BCUT2D eigenvalue weighted by molar-refractivity contribution is -0.137. The smallest absolute Gasteiger partial charge is 0.303 e. The summed E-state index contributed by atoms with van der Waals surface area (Å²) < 4.78 is 0. The molecule has 2 aromatic rings. The molecule has 1 fully saturated rings. The molecule has 0 bridgehead atoms. The lowest BCUT2D eigenvalue weighted by Gasteiger charge is -2.25. The Labute approximate surface area is 209 Å². The molecule has 0 spiro atoms. The Hall–Kier alpha value is -3.17. The molecule has 0 unspecified atom stereocenters. The summed E-state index contributed by atoms with van der Waals surface area (Å²) in [5, 5.41) is 21.0. The van der Waals surface area contributed by atoms with E-state index in [0.29, 0.717) is 5.56 Å². The van der Waals surface area contributed by atoms with Gasteiger partial charge in [-0.15, -0.1) is 0 Å². The molecular weight excluding hydrogens is 438 g/mol. The Bertz CT molecular complexity index is 1050. The molecule has 6 heteroatoms. The maximum Gasteiger partial charge on any atom is 0.303 e. The highest BCUT2D eigenvalue weighted by molar-refractivity contribution is 6.01. The molecule has 1 atom stereocenters. The molecule has 186 valence electrons. The average Bonchev–Trinajstić information content (AvgIpc) is 2.86. The van der Waals surface area contributed by atoms with E-state index in [1.165, 1.54) is 38.5 Å². The molecule has 1 amide bonds. The first-order valence-electron chi connectivity index (χ1n) is 12.7. The van der Waals surface area contributed by atoms with Crippen LogP contribution in [0.25, 0.3) is 11.1 Å². The molecule has 0 aliphatic heterocycles. The highest BCUT2D eigenvalue weighted by Crippen LogP contribution is 2.29. The fourth-order valence-electron chi connectivity index (χ4n) is 4.93. The Kier molecular flexibility index (Phi) is 9.86. The third kappa shape index (κ3) is 7.93. The molecule has 1 aliphatic rings. The van der Waals surface area contributed by atoms with Crippen molar-refractivity contribution < 1.29 is 14.7 Å². The molecule has 6 nitrogen and oxygen atoms in total. The maximum atomic E-state index is 13.2. The van der Waals surface area contributed by atoms with E-state index in [1.54, 1.807) is 0 Å². The minimum absolute atomic E-state index is 0.0706. The first-order valence-corrected chi connectivity index (χ1v) is 12.7. The number of carbonyl (C=O) groups is 2. The molecule has 1 saturated carbocycles. The number of rotatable bonds is 11. The second kappa shape index (κ2) is 13.1. The molecule has 3 rings (SSSR count). The molecule has 0 saturated heterocycles. The molecule has 35 heavy (non-hydrogen) atoms. The zero-order chi connectivity index (χ0) is 25.2. The van der Waals surface area contributed by atoms with Crippen molar-refractivity contribution in [2.45, 2.75) is 70.9 Å². The van der Waals surface area contributed by atoms with E-state index in [1.807, 2.05) is 49.4 Å². The lowest BCUT2D eigenvalue weighted by atomic mass is 9.87. The highest BCUT2D eigenvalue weighted by atomic mass is 16.4. The number of nitrogens with zero attached hydrogens (tertiary/aromatic N) is 2. The summed E-state index contributed by atoms with van der Waals surface area (Å²) in [7, 11) is 2.15. The summed E-state index contributed by atoms with van der Waals surface area (Å²) in [6.45, 7) is 3.87. The molecule has 1 aliphatic carbocycles. The minimum atomic E-state index is -0.989. The second-order valence-electron chi connectivity index (χ2n) is 9.81. The average molecular weight is 476 g/mol. The van der Waals surface area contributed by atoms with E-state index in [-0.39, 0.29) is 18.7 Å². The summed E-state index contributed by atoms with van der Waals surface area (Å²) in [6.07, 6.45) is 7.93. The number of aliphatic carboxylic acids is 1. The minimum Gasteiger partial charge on any atom is -0.481 e. The van der Waals surface area contributed by atoms with Gasteiger partial charge in [0, 0.05) is 18.5 Å². The van der Waals surface area contributed by atoms with Gasteiger partial charge < -0.3 is 15.3 Å². The fraction of sp³-hybridized carbons (Fsp3) is 0.483. The van der Waals surface area contributed by atoms with Gasteiger partial charge in [-0.25, -0.2) is 0 Å². The van der Waals surface area contributed by atoms with Crippen LogP contribution < -0.4 is 5.32 Å². The lowest BCUT2D eigenvalue weighted by Crippen LogP contribution is -2.34. The van der Waals surface area contributed by atoms with Gasteiger partial charge in [-0.3, -0.25) is 9.59 Å². The van der Waals surface area contributed by atoms with E-state index in [0.717, 1.165) is 41.3 Å². The molecule has 2 aromatic carbocycles. The van der Waals surface area contributed by atoms with Gasteiger partial charge in [0.15, 0.2) is 0 Å². The van der Waals surface area contributed by atoms with Crippen molar-refractivity contribution in [3.05, 3.63) is 59.2 Å². The molecular formula is C29H37N3O3. The zero-order valence-electron chi connectivity index (χ0n) is 20.9. The number of hydrogen-bond donors (Lipinski definition) is 2. The topological polar surface area (TPSA) is 93.4 Å². The van der Waals surface area contributed by atoms with Crippen molar-refractivity contribution in [2.24, 2.45) is 5.92 Å². The SMILES string of the molecule is Cc1ccccc1-c1cc(CN(C)CCC2CCCCC2)ccc1C(=O)N[C@H](C#N)CCC(=O)O. The number of nitrogens with one attached hydrogen (secondary N) is 1. The van der Waals surface area contributed by atoms with Crippen LogP contribution in [0.15, 0.2) is 42.5 Å². The summed E-state index contributed by atoms with van der Waals surface area (Å²) >= 11 is 0. The van der Waals surface area contributed by atoms with Crippen molar-refractivity contribution in [1.29, 1.82) is 5.26 Å². The van der Waals surface area contributed by atoms with E-state index < -0.39 is 12.0 Å². The van der Waals surface area contributed by atoms with Crippen LogP contribution in [0.1, 0.15) is 72.9 Å². The van der Waals surface area contributed by atoms with Crippen molar-refractivity contribution in [2.75, 3.05) is 13.6 Å². The van der Waals surface area contributed by atoms with Gasteiger partial charge >= 0.3 is 5.97 Å². The number of carboxylic acid groups (broad SMARTS) is 1. The summed E-state index contributed by atoms with van der Waals surface area (Å²) in [6, 6.07) is 15.0. The monoisotopic (exact) mass is 475 g/mol. The van der Waals surface area contributed by atoms with Crippen LogP contribution in [-0.2, 0) is 11.3 Å². The molecule has 2 N–H and O–H groups in total. The standard InChI is InChI=1S/C29H37N3O3/c1-21-8-6-7-11-25(21)27-18-23(20-32(2)17-16-22-9-4-3-5-10-22)12-14-26(27)29(35)31-24(19-30)13-15-28(33)34/h6-8,11-12,14,18,22,24H,3-5,9-10,13,15-17,20H2,1-2H3,(H,31,35)(H,33,34)/t24-/m0/s1. The van der Waals surface area contributed by atoms with E-state index in [2.05, 4.69) is 23.3 Å². The largest absolute Gasteiger partial charge is 0.481 e. The van der Waals surface area contributed by atoms with Gasteiger partial charge in [-0.2, -0.15) is 5.26 Å². The predicted octanol–water partition coefficient (Wildman–Crippen LogP) is 5.55. The normalized spacial score (nSPS) is 14.9. The van der Waals surface area contributed by atoms with Crippen LogP contribution in [0.2, 0.25) is 0 Å². The van der Waals surface area contributed by atoms with Gasteiger partial charge in [0.2, 0.25) is 0 Å². The van der Waals surface area contributed by atoms with Crippen molar-refractivity contribution in [3.8, 4) is 17.2 Å². The van der Waals surface area contributed by atoms with Gasteiger partial charge in [-0.05, 0) is 73.7 Å². The van der Waals surface area contributed by atoms with Crippen molar-refractivity contribution in [1.82, 2.24) is 10.2 Å². The summed E-state index contributed by atoms with van der Waals surface area (Å²) in [5.74, 6) is -0.511. The Morgan fingerprint density at radius 1 is 1.14 bits per heavy atom. The first-order chi connectivity index (χ1) is 16.9. The first kappa shape index (κ1) is 26.4. The number of hydrogen-bond acceptors (Lipinski definition) is 4. The number of nitriles is 1. The van der Waals surface area contributed by atoms with Gasteiger partial charge in [-0.1, -0.05) is 62.4 Å². The van der Waals surface area contributed by atoms with Gasteiger partial charge in [0.25, 0.3) is 5.91 Å². The summed E-state index contributed by atoms with van der Waals surface area (Å²) in [5.41, 5.74) is 4.49. The molecule has 0 heterocycles. The van der Waals surface area contributed by atoms with Crippen LogP contribution in [0.3, 0.4) is 0 Å². The quantitative estimate of drug-likeness (QED) is 0.444. The Morgan fingerprint density at radius 2 is 1.89 bits per heavy atom. The number of benzene rings is 2. The highest BCUT2D eigenvalue weighted by Gasteiger charge is 2.20. The third-order valence-corrected chi connectivity index (χ3v) is 6.97.